The van der Waals surface area contributed by atoms with E-state index in [-0.39, 0.29) is 0 Å². The highest BCUT2D eigenvalue weighted by Gasteiger charge is 2.35. The zero-order valence-electron chi connectivity index (χ0n) is 14.3. The minimum atomic E-state index is -2.42. The first-order valence-corrected chi connectivity index (χ1v) is 14.6. The molecule has 0 radical (unpaired) electrons. The normalized spacial score (nSPS) is 17.7. The summed E-state index contributed by atoms with van der Waals surface area (Å²) in [5, 5.41) is 0. The summed E-state index contributed by atoms with van der Waals surface area (Å²) >= 11 is 12.4. The summed E-state index contributed by atoms with van der Waals surface area (Å²) in [5.74, 6) is 1.06. The number of unbranched alkanes of at least 4 members (excludes halogenated alkanes) is 2. The van der Waals surface area contributed by atoms with Crippen LogP contribution in [0, 0.1) is 11.8 Å². The van der Waals surface area contributed by atoms with Crippen LogP contribution in [-0.4, -0.2) is 12.3 Å². The third-order valence-electron chi connectivity index (χ3n) is 4.45. The van der Waals surface area contributed by atoms with Crippen molar-refractivity contribution in [2.75, 3.05) is 12.3 Å². The molecule has 2 unspecified atom stereocenters. The molecule has 0 amide bonds. The van der Waals surface area contributed by atoms with Gasteiger partial charge >= 0.3 is 0 Å². The lowest BCUT2D eigenvalue weighted by atomic mass is 10.0. The van der Waals surface area contributed by atoms with Gasteiger partial charge in [0.2, 0.25) is 0 Å². The first-order valence-electron chi connectivity index (χ1n) is 8.63. The standard InChI is InChI=1S/C16H34Cl2OP2/c1-5-9-11-15(7-3)13-21(19,20(17)18)14-16(8-4)12-10-6-2/h15-16H,5-14H2,1-4H3. The van der Waals surface area contributed by atoms with E-state index in [1.165, 1.54) is 38.5 Å². The predicted octanol–water partition coefficient (Wildman–Crippen LogP) is 8.49. The monoisotopic (exact) mass is 374 g/mol. The van der Waals surface area contributed by atoms with Crippen molar-refractivity contribution in [3.63, 3.8) is 0 Å². The molecule has 0 spiro atoms. The maximum atomic E-state index is 13.3. The van der Waals surface area contributed by atoms with Gasteiger partial charge in [0.05, 0.1) is 0 Å². The molecule has 0 N–H and O–H groups in total. The van der Waals surface area contributed by atoms with E-state index in [0.717, 1.165) is 25.2 Å². The lowest BCUT2D eigenvalue weighted by Crippen LogP contribution is -2.11. The van der Waals surface area contributed by atoms with Crippen molar-refractivity contribution in [1.82, 2.24) is 0 Å². The molecule has 0 heterocycles. The summed E-state index contributed by atoms with van der Waals surface area (Å²) < 4.78 is 13.3. The molecule has 0 aromatic carbocycles. The van der Waals surface area contributed by atoms with Gasteiger partial charge in [-0.2, -0.15) is 0 Å². The highest BCUT2D eigenvalue weighted by molar-refractivity contribution is 8.52. The number of rotatable bonds is 13. The maximum absolute atomic E-state index is 13.3. The molecule has 0 saturated heterocycles. The third kappa shape index (κ3) is 9.20. The van der Waals surface area contributed by atoms with E-state index in [2.05, 4.69) is 27.7 Å². The van der Waals surface area contributed by atoms with Crippen molar-refractivity contribution in [1.29, 1.82) is 0 Å². The van der Waals surface area contributed by atoms with E-state index >= 15 is 0 Å². The van der Waals surface area contributed by atoms with Gasteiger partial charge in [0.15, 0.2) is 0 Å². The molecule has 5 heteroatoms. The minimum Gasteiger partial charge on any atom is -0.316 e. The highest BCUT2D eigenvalue weighted by atomic mass is 35.9. The third-order valence-corrected chi connectivity index (χ3v) is 14.8. The van der Waals surface area contributed by atoms with Gasteiger partial charge in [-0.1, -0.05) is 102 Å². The second-order valence-corrected chi connectivity index (χ2v) is 16.5. The average molecular weight is 375 g/mol. The van der Waals surface area contributed by atoms with E-state index in [9.17, 15) is 4.57 Å². The van der Waals surface area contributed by atoms with Crippen LogP contribution in [-0.2, 0) is 4.57 Å². The molecule has 0 rings (SSSR count). The Balaban J connectivity index is 4.76. The lowest BCUT2D eigenvalue weighted by Gasteiger charge is -2.27. The van der Waals surface area contributed by atoms with E-state index in [1.807, 2.05) is 0 Å². The lowest BCUT2D eigenvalue weighted by molar-refractivity contribution is 0.468. The molecule has 0 bridgehead atoms. The second kappa shape index (κ2) is 12.6. The number of halogens is 2. The summed E-state index contributed by atoms with van der Waals surface area (Å²) in [5.41, 5.74) is 0. The molecule has 128 valence electrons. The van der Waals surface area contributed by atoms with E-state index in [1.54, 1.807) is 0 Å². The smallest absolute Gasteiger partial charge is 0.147 e. The fraction of sp³-hybridized carbons (Fsp3) is 1.00. The Hall–Kier alpha value is 1.24. The average Bonchev–Trinajstić information content (AvgIpc) is 2.47. The molecular formula is C16H34Cl2OP2. The molecular weight excluding hydrogens is 341 g/mol. The van der Waals surface area contributed by atoms with Gasteiger partial charge < -0.3 is 4.57 Å². The van der Waals surface area contributed by atoms with Crippen LogP contribution >= 0.6 is 35.6 Å². The van der Waals surface area contributed by atoms with Gasteiger partial charge in [-0.05, 0) is 11.8 Å². The summed E-state index contributed by atoms with van der Waals surface area (Å²) in [4.78, 5) is 0. The van der Waals surface area contributed by atoms with Crippen LogP contribution in [0.15, 0.2) is 0 Å². The molecule has 0 aromatic rings. The van der Waals surface area contributed by atoms with Crippen LogP contribution in [0.1, 0.15) is 79.1 Å². The Bertz CT molecular complexity index is 276. The maximum Gasteiger partial charge on any atom is 0.147 e. The first-order chi connectivity index (χ1) is 9.93. The molecule has 0 aliphatic rings. The summed E-state index contributed by atoms with van der Waals surface area (Å²) in [6.07, 6.45) is 9.53. The Kier molecular flexibility index (Phi) is 13.4. The van der Waals surface area contributed by atoms with Gasteiger partial charge in [0, 0.05) is 12.3 Å². The van der Waals surface area contributed by atoms with Crippen molar-refractivity contribution < 1.29 is 4.57 Å². The zero-order valence-corrected chi connectivity index (χ0v) is 17.6. The van der Waals surface area contributed by atoms with Gasteiger partial charge in [-0.3, -0.25) is 0 Å². The van der Waals surface area contributed by atoms with Gasteiger partial charge in [-0.25, -0.2) is 0 Å². The van der Waals surface area contributed by atoms with Gasteiger partial charge in [-0.15, -0.1) is 0 Å². The summed E-state index contributed by atoms with van der Waals surface area (Å²) in [6.45, 7) is 6.39. The molecule has 0 saturated carbocycles. The fourth-order valence-electron chi connectivity index (χ4n) is 2.84. The molecule has 0 aliphatic heterocycles. The van der Waals surface area contributed by atoms with Crippen molar-refractivity contribution in [3.05, 3.63) is 0 Å². The quantitative estimate of drug-likeness (QED) is 0.295. The summed E-state index contributed by atoms with van der Waals surface area (Å²) in [7, 11) is 0. The fourth-order valence-corrected chi connectivity index (χ4v) is 10.1. The SMILES string of the molecule is CCCCC(CC)CP(=O)(CC(CC)CCCC)P(Cl)Cl. The van der Waals surface area contributed by atoms with Gasteiger partial charge in [0.25, 0.3) is 0 Å². The largest absolute Gasteiger partial charge is 0.316 e. The molecule has 0 fully saturated rings. The van der Waals surface area contributed by atoms with E-state index < -0.39 is 13.1 Å². The topological polar surface area (TPSA) is 17.1 Å². The highest BCUT2D eigenvalue weighted by Crippen LogP contribution is 2.82. The van der Waals surface area contributed by atoms with E-state index in [4.69, 9.17) is 22.5 Å². The Morgan fingerprint density at radius 3 is 1.48 bits per heavy atom. The Morgan fingerprint density at radius 2 is 1.24 bits per heavy atom. The van der Waals surface area contributed by atoms with Crippen LogP contribution in [0.5, 0.6) is 0 Å². The van der Waals surface area contributed by atoms with Crippen LogP contribution < -0.4 is 0 Å². The molecule has 0 aliphatic carbocycles. The first kappa shape index (κ1) is 22.2. The summed E-state index contributed by atoms with van der Waals surface area (Å²) in [6, 6.07) is 0. The Labute approximate surface area is 143 Å². The van der Waals surface area contributed by atoms with Crippen molar-refractivity contribution >= 4 is 35.6 Å². The van der Waals surface area contributed by atoms with Crippen molar-refractivity contribution in [2.24, 2.45) is 11.8 Å². The Morgan fingerprint density at radius 1 is 0.857 bits per heavy atom. The van der Waals surface area contributed by atoms with Crippen molar-refractivity contribution in [2.45, 2.75) is 79.1 Å². The van der Waals surface area contributed by atoms with Crippen LogP contribution in [0.2, 0.25) is 0 Å². The van der Waals surface area contributed by atoms with Crippen LogP contribution in [0.4, 0.5) is 0 Å². The molecule has 21 heavy (non-hydrogen) atoms. The van der Waals surface area contributed by atoms with Crippen LogP contribution in [0.3, 0.4) is 0 Å². The zero-order chi connectivity index (χ0) is 16.3. The minimum absolute atomic E-state index is 0.530. The number of hydrogen-bond acceptors (Lipinski definition) is 1. The number of hydrogen-bond donors (Lipinski definition) is 0. The van der Waals surface area contributed by atoms with Gasteiger partial charge in [0.1, 0.15) is 13.1 Å². The van der Waals surface area contributed by atoms with Crippen LogP contribution in [0.25, 0.3) is 0 Å². The predicted molar refractivity (Wildman–Crippen MR) is 103 cm³/mol. The molecule has 2 atom stereocenters. The second-order valence-electron chi connectivity index (χ2n) is 6.26. The van der Waals surface area contributed by atoms with E-state index in [0.29, 0.717) is 11.8 Å². The molecule has 1 nitrogen and oxygen atoms in total. The van der Waals surface area contributed by atoms with Crippen molar-refractivity contribution in [3.8, 4) is 0 Å². The molecule has 0 aromatic heterocycles.